The van der Waals surface area contributed by atoms with Crippen molar-refractivity contribution in [1.82, 2.24) is 4.31 Å². The zero-order valence-corrected chi connectivity index (χ0v) is 10.6. The van der Waals surface area contributed by atoms with Crippen LogP contribution in [0.5, 0.6) is 0 Å². The summed E-state index contributed by atoms with van der Waals surface area (Å²) < 4.78 is 24.5. The van der Waals surface area contributed by atoms with E-state index in [-0.39, 0.29) is 5.75 Å². The number of carboxylic acids is 1. The van der Waals surface area contributed by atoms with Crippen LogP contribution in [0.3, 0.4) is 0 Å². The summed E-state index contributed by atoms with van der Waals surface area (Å²) >= 11 is 0. The third kappa shape index (κ3) is 4.16. The average Bonchev–Trinajstić information content (AvgIpc) is 2.15. The molecule has 1 rings (SSSR count). The van der Waals surface area contributed by atoms with Gasteiger partial charge in [0.2, 0.25) is 10.0 Å². The fourth-order valence-electron chi connectivity index (χ4n) is 1.41. The molecule has 0 saturated carbocycles. The summed E-state index contributed by atoms with van der Waals surface area (Å²) in [6.45, 7) is 1.35. The standard InChI is InChI=1S/C11H15NO4S/c1-9-4-3-5-10(6-9)8-17(15,16)12(2)7-11(13)14/h3-6H,7-8H2,1-2H3,(H,13,14). The summed E-state index contributed by atoms with van der Waals surface area (Å²) in [5.41, 5.74) is 1.63. The lowest BCUT2D eigenvalue weighted by Gasteiger charge is -2.14. The first kappa shape index (κ1) is 13.7. The highest BCUT2D eigenvalue weighted by atomic mass is 32.2. The highest BCUT2D eigenvalue weighted by Gasteiger charge is 2.20. The van der Waals surface area contributed by atoms with Gasteiger partial charge < -0.3 is 5.11 Å². The fraction of sp³-hybridized carbons (Fsp3) is 0.364. The summed E-state index contributed by atoms with van der Waals surface area (Å²) in [5, 5.41) is 8.55. The number of hydrogen-bond donors (Lipinski definition) is 1. The van der Waals surface area contributed by atoms with Crippen LogP contribution in [-0.2, 0) is 20.6 Å². The molecule has 0 aliphatic heterocycles. The highest BCUT2D eigenvalue weighted by molar-refractivity contribution is 7.88. The lowest BCUT2D eigenvalue weighted by Crippen LogP contribution is -2.32. The van der Waals surface area contributed by atoms with E-state index in [0.717, 1.165) is 9.87 Å². The topological polar surface area (TPSA) is 74.7 Å². The van der Waals surface area contributed by atoms with Gasteiger partial charge in [-0.05, 0) is 12.5 Å². The fourth-order valence-corrected chi connectivity index (χ4v) is 2.54. The molecule has 6 heteroatoms. The Hall–Kier alpha value is -1.40. The molecule has 1 aromatic carbocycles. The van der Waals surface area contributed by atoms with E-state index in [2.05, 4.69) is 0 Å². The first-order valence-electron chi connectivity index (χ1n) is 5.02. The van der Waals surface area contributed by atoms with Gasteiger partial charge in [0.15, 0.2) is 0 Å². The predicted octanol–water partition coefficient (Wildman–Crippen LogP) is 0.841. The van der Waals surface area contributed by atoms with Crippen molar-refractivity contribution in [2.75, 3.05) is 13.6 Å². The monoisotopic (exact) mass is 257 g/mol. The number of likely N-dealkylation sites (N-methyl/N-ethyl adjacent to an activating group) is 1. The minimum Gasteiger partial charge on any atom is -0.480 e. The van der Waals surface area contributed by atoms with Crippen molar-refractivity contribution in [3.63, 3.8) is 0 Å². The van der Waals surface area contributed by atoms with Gasteiger partial charge in [0.05, 0.1) is 5.75 Å². The molecule has 0 radical (unpaired) electrons. The maximum atomic E-state index is 11.8. The SMILES string of the molecule is Cc1cccc(CS(=O)(=O)N(C)CC(=O)O)c1. The summed E-state index contributed by atoms with van der Waals surface area (Å²) in [6, 6.07) is 7.12. The normalized spacial score (nSPS) is 11.7. The molecule has 0 saturated heterocycles. The quantitative estimate of drug-likeness (QED) is 0.848. The molecule has 0 unspecified atom stereocenters. The Labute approximate surface area is 101 Å². The Morgan fingerprint density at radius 2 is 2.06 bits per heavy atom. The largest absolute Gasteiger partial charge is 0.480 e. The van der Waals surface area contributed by atoms with Crippen LogP contribution in [0.4, 0.5) is 0 Å². The van der Waals surface area contributed by atoms with Crippen molar-refractivity contribution in [2.45, 2.75) is 12.7 Å². The van der Waals surface area contributed by atoms with Crippen LogP contribution in [0.15, 0.2) is 24.3 Å². The molecule has 0 fully saturated rings. The van der Waals surface area contributed by atoms with Crippen LogP contribution in [-0.4, -0.2) is 37.4 Å². The average molecular weight is 257 g/mol. The third-order valence-corrected chi connectivity index (χ3v) is 4.04. The number of carboxylic acid groups (broad SMARTS) is 1. The Kier molecular flexibility index (Phi) is 4.25. The summed E-state index contributed by atoms with van der Waals surface area (Å²) in [4.78, 5) is 10.5. The molecule has 17 heavy (non-hydrogen) atoms. The molecule has 0 bridgehead atoms. The molecule has 0 aliphatic rings. The maximum absolute atomic E-state index is 11.8. The molecule has 5 nitrogen and oxygen atoms in total. The first-order valence-corrected chi connectivity index (χ1v) is 6.63. The Bertz CT molecular complexity index is 510. The van der Waals surface area contributed by atoms with Gasteiger partial charge in [-0.3, -0.25) is 4.79 Å². The summed E-state index contributed by atoms with van der Waals surface area (Å²) in [6.07, 6.45) is 0. The molecular weight excluding hydrogens is 242 g/mol. The minimum absolute atomic E-state index is 0.182. The maximum Gasteiger partial charge on any atom is 0.318 e. The van der Waals surface area contributed by atoms with Gasteiger partial charge in [-0.2, -0.15) is 4.31 Å². The van der Waals surface area contributed by atoms with Gasteiger partial charge in [0.1, 0.15) is 6.54 Å². The highest BCUT2D eigenvalue weighted by Crippen LogP contribution is 2.11. The van der Waals surface area contributed by atoms with E-state index >= 15 is 0 Å². The second-order valence-corrected chi connectivity index (χ2v) is 5.97. The number of nitrogens with zero attached hydrogens (tertiary/aromatic N) is 1. The van der Waals surface area contributed by atoms with E-state index in [1.54, 1.807) is 18.2 Å². The Morgan fingerprint density at radius 3 is 2.59 bits per heavy atom. The van der Waals surface area contributed by atoms with Crippen LogP contribution < -0.4 is 0 Å². The van der Waals surface area contributed by atoms with Crippen molar-refractivity contribution in [3.8, 4) is 0 Å². The van der Waals surface area contributed by atoms with Crippen molar-refractivity contribution in [2.24, 2.45) is 0 Å². The molecule has 0 aliphatic carbocycles. The van der Waals surface area contributed by atoms with Crippen LogP contribution in [0.25, 0.3) is 0 Å². The number of aryl methyl sites for hydroxylation is 1. The van der Waals surface area contributed by atoms with Crippen LogP contribution in [0, 0.1) is 6.92 Å². The number of hydrogen-bond acceptors (Lipinski definition) is 3. The van der Waals surface area contributed by atoms with E-state index in [9.17, 15) is 13.2 Å². The summed E-state index contributed by atoms with van der Waals surface area (Å²) in [7, 11) is -2.31. The lowest BCUT2D eigenvalue weighted by molar-refractivity contribution is -0.137. The number of sulfonamides is 1. The molecule has 0 spiro atoms. The van der Waals surface area contributed by atoms with Crippen molar-refractivity contribution in [1.29, 1.82) is 0 Å². The van der Waals surface area contributed by atoms with Gasteiger partial charge in [-0.25, -0.2) is 8.42 Å². The Morgan fingerprint density at radius 1 is 1.41 bits per heavy atom. The molecule has 0 atom stereocenters. The predicted molar refractivity (Wildman–Crippen MR) is 64.1 cm³/mol. The number of benzene rings is 1. The smallest absolute Gasteiger partial charge is 0.318 e. The van der Waals surface area contributed by atoms with Crippen molar-refractivity contribution in [3.05, 3.63) is 35.4 Å². The van der Waals surface area contributed by atoms with E-state index in [1.807, 2.05) is 13.0 Å². The van der Waals surface area contributed by atoms with E-state index in [4.69, 9.17) is 5.11 Å². The zero-order chi connectivity index (χ0) is 13.1. The number of aliphatic carboxylic acids is 1. The first-order chi connectivity index (χ1) is 7.81. The Balaban J connectivity index is 2.83. The third-order valence-electron chi connectivity index (χ3n) is 2.26. The second kappa shape index (κ2) is 5.29. The van der Waals surface area contributed by atoms with Gasteiger partial charge in [-0.1, -0.05) is 29.8 Å². The number of carbonyl (C=O) groups is 1. The molecular formula is C11H15NO4S. The van der Waals surface area contributed by atoms with E-state index < -0.39 is 22.5 Å². The molecule has 0 aromatic heterocycles. The number of rotatable bonds is 5. The second-order valence-electron chi connectivity index (χ2n) is 3.90. The molecule has 94 valence electrons. The van der Waals surface area contributed by atoms with Gasteiger partial charge in [0, 0.05) is 7.05 Å². The van der Waals surface area contributed by atoms with Crippen LogP contribution in [0.1, 0.15) is 11.1 Å². The van der Waals surface area contributed by atoms with Crippen molar-refractivity contribution < 1.29 is 18.3 Å². The summed E-state index contributed by atoms with van der Waals surface area (Å²) in [5.74, 6) is -1.35. The van der Waals surface area contributed by atoms with Crippen molar-refractivity contribution >= 4 is 16.0 Å². The molecule has 1 aromatic rings. The van der Waals surface area contributed by atoms with E-state index in [1.165, 1.54) is 7.05 Å². The van der Waals surface area contributed by atoms with Gasteiger partial charge in [-0.15, -0.1) is 0 Å². The molecule has 1 N–H and O–H groups in total. The molecule has 0 heterocycles. The molecule has 0 amide bonds. The van der Waals surface area contributed by atoms with Crippen LogP contribution in [0.2, 0.25) is 0 Å². The van der Waals surface area contributed by atoms with E-state index in [0.29, 0.717) is 5.56 Å². The van der Waals surface area contributed by atoms with Gasteiger partial charge in [0.25, 0.3) is 0 Å². The zero-order valence-electron chi connectivity index (χ0n) is 9.75. The minimum atomic E-state index is -3.57. The van der Waals surface area contributed by atoms with Crippen LogP contribution >= 0.6 is 0 Å². The lowest BCUT2D eigenvalue weighted by atomic mass is 10.2. The van der Waals surface area contributed by atoms with Gasteiger partial charge >= 0.3 is 5.97 Å².